The molecule has 1 heterocycles. The predicted molar refractivity (Wildman–Crippen MR) is 92.0 cm³/mol. The van der Waals surface area contributed by atoms with E-state index in [-0.39, 0.29) is 11.8 Å². The Balaban J connectivity index is 2.15. The van der Waals surface area contributed by atoms with Crippen molar-refractivity contribution in [3.05, 3.63) is 35.4 Å². The van der Waals surface area contributed by atoms with Crippen LogP contribution in [0.3, 0.4) is 0 Å². The van der Waals surface area contributed by atoms with Crippen LogP contribution in [-0.2, 0) is 4.79 Å². The summed E-state index contributed by atoms with van der Waals surface area (Å²) in [5.74, 6) is -2.57. The Morgan fingerprint density at radius 3 is 2.40 bits per heavy atom. The number of benzene rings is 1. The van der Waals surface area contributed by atoms with Gasteiger partial charge in [-0.15, -0.1) is 0 Å². The van der Waals surface area contributed by atoms with E-state index >= 15 is 0 Å². The topological polar surface area (TPSA) is 49.4 Å². The molecule has 0 radical (unpaired) electrons. The van der Waals surface area contributed by atoms with E-state index < -0.39 is 29.1 Å². The van der Waals surface area contributed by atoms with Gasteiger partial charge in [0, 0.05) is 13.1 Å². The van der Waals surface area contributed by atoms with Crippen LogP contribution in [0.1, 0.15) is 50.4 Å². The Morgan fingerprint density at radius 1 is 1.16 bits per heavy atom. The van der Waals surface area contributed by atoms with E-state index in [1.807, 2.05) is 0 Å². The highest BCUT2D eigenvalue weighted by atomic mass is 19.1. The number of hydrogen-bond donors (Lipinski definition) is 1. The van der Waals surface area contributed by atoms with Gasteiger partial charge in [-0.3, -0.25) is 9.59 Å². The van der Waals surface area contributed by atoms with Crippen molar-refractivity contribution in [2.24, 2.45) is 11.8 Å². The first-order valence-electron chi connectivity index (χ1n) is 8.85. The molecule has 0 unspecified atom stereocenters. The quantitative estimate of drug-likeness (QED) is 0.903. The van der Waals surface area contributed by atoms with Crippen LogP contribution in [0.25, 0.3) is 0 Å². The summed E-state index contributed by atoms with van der Waals surface area (Å²) in [4.78, 5) is 27.0. The molecule has 2 atom stereocenters. The summed E-state index contributed by atoms with van der Waals surface area (Å²) in [6.45, 7) is 7.07. The van der Waals surface area contributed by atoms with E-state index in [0.717, 1.165) is 31.4 Å². The lowest BCUT2D eigenvalue weighted by atomic mass is 10.0. The molecule has 1 aromatic rings. The molecule has 6 heteroatoms. The summed E-state index contributed by atoms with van der Waals surface area (Å²) in [5.41, 5.74) is -0.648. The van der Waals surface area contributed by atoms with E-state index in [0.29, 0.717) is 19.0 Å². The molecule has 1 aromatic carbocycles. The van der Waals surface area contributed by atoms with Crippen LogP contribution < -0.4 is 5.32 Å². The van der Waals surface area contributed by atoms with Crippen LogP contribution in [0.2, 0.25) is 0 Å². The van der Waals surface area contributed by atoms with Gasteiger partial charge in [-0.05, 0) is 43.2 Å². The Labute approximate surface area is 147 Å². The third-order valence-electron chi connectivity index (χ3n) is 4.74. The minimum atomic E-state index is -0.934. The average molecular weight is 352 g/mol. The molecule has 1 aliphatic rings. The van der Waals surface area contributed by atoms with Gasteiger partial charge in [0.15, 0.2) is 0 Å². The molecule has 0 bridgehead atoms. The highest BCUT2D eigenvalue weighted by Crippen LogP contribution is 2.19. The molecule has 0 aromatic heterocycles. The molecule has 0 spiro atoms. The molecule has 1 saturated heterocycles. The Morgan fingerprint density at radius 2 is 1.80 bits per heavy atom. The van der Waals surface area contributed by atoms with E-state index in [1.165, 1.54) is 6.07 Å². The molecule has 2 rings (SSSR count). The van der Waals surface area contributed by atoms with Gasteiger partial charge in [0.2, 0.25) is 5.91 Å². The van der Waals surface area contributed by atoms with Crippen molar-refractivity contribution < 1.29 is 18.4 Å². The third kappa shape index (κ3) is 4.77. The highest BCUT2D eigenvalue weighted by molar-refractivity contribution is 5.98. The predicted octanol–water partition coefficient (Wildman–Crippen LogP) is 3.37. The SMILES string of the molecule is CC(C)[C@H](NC(=O)c1c(F)cccc1F)C(=O)N1CCC[C@@H](C)CC1. The van der Waals surface area contributed by atoms with E-state index in [4.69, 9.17) is 0 Å². The van der Waals surface area contributed by atoms with Crippen molar-refractivity contribution in [1.29, 1.82) is 0 Å². The van der Waals surface area contributed by atoms with Crippen LogP contribution in [-0.4, -0.2) is 35.8 Å². The summed E-state index contributed by atoms with van der Waals surface area (Å²) in [7, 11) is 0. The minimum Gasteiger partial charge on any atom is -0.341 e. The van der Waals surface area contributed by atoms with Gasteiger partial charge in [-0.1, -0.05) is 26.8 Å². The number of rotatable bonds is 4. The first-order valence-corrected chi connectivity index (χ1v) is 8.85. The summed E-state index contributed by atoms with van der Waals surface area (Å²) in [6, 6.07) is 2.45. The van der Waals surface area contributed by atoms with Gasteiger partial charge < -0.3 is 10.2 Å². The van der Waals surface area contributed by atoms with Crippen molar-refractivity contribution in [2.75, 3.05) is 13.1 Å². The molecular formula is C19H26F2N2O2. The molecule has 138 valence electrons. The van der Waals surface area contributed by atoms with Gasteiger partial charge in [0.05, 0.1) is 0 Å². The molecule has 1 fully saturated rings. The molecule has 1 N–H and O–H groups in total. The van der Waals surface area contributed by atoms with E-state index in [2.05, 4.69) is 12.2 Å². The molecular weight excluding hydrogens is 326 g/mol. The fourth-order valence-electron chi connectivity index (χ4n) is 3.12. The zero-order valence-corrected chi connectivity index (χ0v) is 15.0. The number of carbonyl (C=O) groups excluding carboxylic acids is 2. The largest absolute Gasteiger partial charge is 0.341 e. The molecule has 4 nitrogen and oxygen atoms in total. The molecule has 2 amide bonds. The van der Waals surface area contributed by atoms with Gasteiger partial charge in [-0.25, -0.2) is 8.78 Å². The summed E-state index contributed by atoms with van der Waals surface area (Å²) in [6.07, 6.45) is 2.92. The Kier molecular flexibility index (Phi) is 6.51. The fraction of sp³-hybridized carbons (Fsp3) is 0.579. The van der Waals surface area contributed by atoms with Crippen molar-refractivity contribution in [3.8, 4) is 0 Å². The summed E-state index contributed by atoms with van der Waals surface area (Å²) < 4.78 is 27.6. The minimum absolute atomic E-state index is 0.186. The lowest BCUT2D eigenvalue weighted by molar-refractivity contribution is -0.134. The van der Waals surface area contributed by atoms with Crippen molar-refractivity contribution in [1.82, 2.24) is 10.2 Å². The second kappa shape index (κ2) is 8.41. The normalized spacial score (nSPS) is 19.4. The van der Waals surface area contributed by atoms with Gasteiger partial charge in [0.25, 0.3) is 5.91 Å². The third-order valence-corrected chi connectivity index (χ3v) is 4.74. The lowest BCUT2D eigenvalue weighted by Gasteiger charge is -2.29. The standard InChI is InChI=1S/C19H26F2N2O2/c1-12(2)17(19(25)23-10-5-6-13(3)9-11-23)22-18(24)16-14(20)7-4-8-15(16)21/h4,7-8,12-13,17H,5-6,9-11H2,1-3H3,(H,22,24)/t13-,17+/m1/s1. The number of halogens is 2. The second-order valence-electron chi connectivity index (χ2n) is 7.15. The highest BCUT2D eigenvalue weighted by Gasteiger charge is 2.31. The van der Waals surface area contributed by atoms with Crippen molar-refractivity contribution >= 4 is 11.8 Å². The Hall–Kier alpha value is -1.98. The first-order chi connectivity index (χ1) is 11.8. The number of likely N-dealkylation sites (tertiary alicyclic amines) is 1. The molecule has 0 saturated carbocycles. The fourth-order valence-corrected chi connectivity index (χ4v) is 3.12. The zero-order chi connectivity index (χ0) is 18.6. The number of hydrogen-bond acceptors (Lipinski definition) is 2. The van der Waals surface area contributed by atoms with Crippen molar-refractivity contribution in [3.63, 3.8) is 0 Å². The van der Waals surface area contributed by atoms with E-state index in [1.54, 1.807) is 18.7 Å². The summed E-state index contributed by atoms with van der Waals surface area (Å²) >= 11 is 0. The number of nitrogens with one attached hydrogen (secondary N) is 1. The van der Waals surface area contributed by atoms with Crippen LogP contribution in [0.4, 0.5) is 8.78 Å². The number of nitrogens with zero attached hydrogens (tertiary/aromatic N) is 1. The Bertz CT molecular complexity index is 614. The number of amides is 2. The smallest absolute Gasteiger partial charge is 0.257 e. The zero-order valence-electron chi connectivity index (χ0n) is 15.0. The maximum atomic E-state index is 13.8. The van der Waals surface area contributed by atoms with Crippen LogP contribution >= 0.6 is 0 Å². The van der Waals surface area contributed by atoms with Gasteiger partial charge in [-0.2, -0.15) is 0 Å². The summed E-state index contributed by atoms with van der Waals surface area (Å²) in [5, 5.41) is 2.53. The average Bonchev–Trinajstić information content (AvgIpc) is 2.76. The van der Waals surface area contributed by atoms with Crippen LogP contribution in [0.15, 0.2) is 18.2 Å². The van der Waals surface area contributed by atoms with E-state index in [9.17, 15) is 18.4 Å². The van der Waals surface area contributed by atoms with Crippen LogP contribution in [0, 0.1) is 23.5 Å². The maximum Gasteiger partial charge on any atom is 0.257 e. The molecule has 0 aliphatic carbocycles. The van der Waals surface area contributed by atoms with Gasteiger partial charge in [0.1, 0.15) is 23.2 Å². The molecule has 25 heavy (non-hydrogen) atoms. The second-order valence-corrected chi connectivity index (χ2v) is 7.15. The number of carbonyl (C=O) groups is 2. The van der Waals surface area contributed by atoms with Crippen molar-refractivity contribution in [2.45, 2.75) is 46.1 Å². The maximum absolute atomic E-state index is 13.8. The first kappa shape index (κ1) is 19.3. The van der Waals surface area contributed by atoms with Gasteiger partial charge >= 0.3 is 0 Å². The monoisotopic (exact) mass is 352 g/mol. The lowest BCUT2D eigenvalue weighted by Crippen LogP contribution is -2.51. The molecule has 1 aliphatic heterocycles. The van der Waals surface area contributed by atoms with Crippen LogP contribution in [0.5, 0.6) is 0 Å².